The van der Waals surface area contributed by atoms with E-state index >= 15 is 0 Å². The van der Waals surface area contributed by atoms with Gasteiger partial charge in [0.2, 0.25) is 10.0 Å². The number of rotatable bonds is 6. The molecule has 1 heterocycles. The highest BCUT2D eigenvalue weighted by atomic mass is 32.2. The predicted octanol–water partition coefficient (Wildman–Crippen LogP) is 1.62. The zero-order valence-corrected chi connectivity index (χ0v) is 18.5. The molecule has 2 amide bonds. The fraction of sp³-hybridized carbons (Fsp3) is 0.364. The summed E-state index contributed by atoms with van der Waals surface area (Å²) in [7, 11) is -3.53. The maximum absolute atomic E-state index is 12.6. The third-order valence-corrected chi connectivity index (χ3v) is 6.99. The molecule has 0 saturated carbocycles. The molecule has 1 aliphatic rings. The van der Waals surface area contributed by atoms with Crippen LogP contribution in [0.1, 0.15) is 16.7 Å². The highest BCUT2D eigenvalue weighted by molar-refractivity contribution is 7.89. The van der Waals surface area contributed by atoms with Gasteiger partial charge in [0.25, 0.3) is 0 Å². The quantitative estimate of drug-likeness (QED) is 0.658. The minimum atomic E-state index is -3.53. The van der Waals surface area contributed by atoms with Gasteiger partial charge in [-0.1, -0.05) is 24.3 Å². The lowest BCUT2D eigenvalue weighted by Gasteiger charge is -2.26. The van der Waals surface area contributed by atoms with Crippen molar-refractivity contribution in [2.24, 2.45) is 0 Å². The van der Waals surface area contributed by atoms with E-state index in [-0.39, 0.29) is 11.4 Å². The molecule has 2 aromatic carbocycles. The Morgan fingerprint density at radius 2 is 1.68 bits per heavy atom. The molecule has 31 heavy (non-hydrogen) atoms. The molecule has 0 radical (unpaired) electrons. The topological polar surface area (TPSA) is 105 Å². The van der Waals surface area contributed by atoms with E-state index in [9.17, 15) is 18.0 Å². The molecule has 1 fully saturated rings. The van der Waals surface area contributed by atoms with Gasteiger partial charge in [-0.2, -0.15) is 4.31 Å². The van der Waals surface area contributed by atoms with Gasteiger partial charge in [-0.15, -0.1) is 0 Å². The van der Waals surface area contributed by atoms with Crippen molar-refractivity contribution in [3.05, 3.63) is 59.2 Å². The average molecular weight is 446 g/mol. The second-order valence-corrected chi connectivity index (χ2v) is 9.38. The van der Waals surface area contributed by atoms with E-state index in [0.717, 1.165) is 16.7 Å². The van der Waals surface area contributed by atoms with Gasteiger partial charge in [0, 0.05) is 25.3 Å². The number of carbonyl (C=O) groups excluding carboxylic acids is 2. The van der Waals surface area contributed by atoms with Crippen molar-refractivity contribution in [1.82, 2.24) is 9.62 Å². The van der Waals surface area contributed by atoms with Crippen LogP contribution in [-0.2, 0) is 30.8 Å². The molecule has 0 atom stereocenters. The Bertz CT molecular complexity index is 1050. The molecule has 8 nitrogen and oxygen atoms in total. The predicted molar refractivity (Wildman–Crippen MR) is 117 cm³/mol. The van der Waals surface area contributed by atoms with Crippen LogP contribution in [0.25, 0.3) is 0 Å². The fourth-order valence-electron chi connectivity index (χ4n) is 3.21. The van der Waals surface area contributed by atoms with Crippen LogP contribution >= 0.6 is 0 Å². The number of sulfonamides is 1. The van der Waals surface area contributed by atoms with Gasteiger partial charge in [0.15, 0.2) is 0 Å². The number of hydrogen-bond acceptors (Lipinski definition) is 5. The van der Waals surface area contributed by atoms with Crippen LogP contribution in [0.2, 0.25) is 0 Å². The van der Waals surface area contributed by atoms with Crippen molar-refractivity contribution >= 4 is 27.5 Å². The zero-order chi connectivity index (χ0) is 22.4. The van der Waals surface area contributed by atoms with E-state index < -0.39 is 21.8 Å². The van der Waals surface area contributed by atoms with Gasteiger partial charge < -0.3 is 15.4 Å². The lowest BCUT2D eigenvalue weighted by atomic mass is 10.1. The van der Waals surface area contributed by atoms with Crippen LogP contribution < -0.4 is 10.6 Å². The molecule has 2 N–H and O–H groups in total. The molecule has 0 unspecified atom stereocenters. The first-order valence-electron chi connectivity index (χ1n) is 10.1. The van der Waals surface area contributed by atoms with Crippen molar-refractivity contribution in [3.8, 4) is 0 Å². The van der Waals surface area contributed by atoms with E-state index in [4.69, 9.17) is 4.74 Å². The van der Waals surface area contributed by atoms with Gasteiger partial charge in [-0.05, 0) is 55.2 Å². The first-order valence-corrected chi connectivity index (χ1v) is 11.5. The molecule has 166 valence electrons. The third-order valence-electron chi connectivity index (χ3n) is 5.08. The van der Waals surface area contributed by atoms with Gasteiger partial charge in [0.1, 0.15) is 0 Å². The number of benzene rings is 2. The number of nitrogens with one attached hydrogen (secondary N) is 2. The Hall–Kier alpha value is -2.75. The van der Waals surface area contributed by atoms with Crippen LogP contribution in [0.5, 0.6) is 0 Å². The summed E-state index contributed by atoms with van der Waals surface area (Å²) in [5, 5.41) is 5.21. The maximum Gasteiger partial charge on any atom is 0.313 e. The number of hydrogen-bond donors (Lipinski definition) is 2. The van der Waals surface area contributed by atoms with Crippen molar-refractivity contribution in [2.75, 3.05) is 38.2 Å². The minimum absolute atomic E-state index is 0.232. The number of carbonyl (C=O) groups is 2. The number of anilines is 1. The van der Waals surface area contributed by atoms with Crippen LogP contribution in [0.15, 0.2) is 47.4 Å². The van der Waals surface area contributed by atoms with Crippen molar-refractivity contribution in [3.63, 3.8) is 0 Å². The second kappa shape index (κ2) is 10.0. The second-order valence-electron chi connectivity index (χ2n) is 7.44. The molecule has 0 bridgehead atoms. The highest BCUT2D eigenvalue weighted by Gasteiger charge is 2.26. The average Bonchev–Trinajstić information content (AvgIpc) is 2.77. The van der Waals surface area contributed by atoms with Crippen LogP contribution in [-0.4, -0.2) is 57.4 Å². The number of nitrogens with zero attached hydrogens (tertiary/aromatic N) is 1. The lowest BCUT2D eigenvalue weighted by molar-refractivity contribution is -0.136. The van der Waals surface area contributed by atoms with Crippen LogP contribution in [0.4, 0.5) is 5.69 Å². The molecule has 3 rings (SSSR count). The van der Waals surface area contributed by atoms with Crippen LogP contribution in [0.3, 0.4) is 0 Å². The van der Waals surface area contributed by atoms with Crippen molar-refractivity contribution in [2.45, 2.75) is 25.2 Å². The molecule has 2 aromatic rings. The molecule has 0 aromatic heterocycles. The molecule has 9 heteroatoms. The highest BCUT2D eigenvalue weighted by Crippen LogP contribution is 2.18. The molecule has 0 aliphatic carbocycles. The standard InChI is InChI=1S/C22H27N3O5S/c1-16-3-4-17(2)20(15-16)24-22(27)21(26)23-10-9-18-5-7-19(8-6-18)31(28,29)25-11-13-30-14-12-25/h3-8,15H,9-14H2,1-2H3,(H,23,26)(H,24,27). The zero-order valence-electron chi connectivity index (χ0n) is 17.7. The summed E-state index contributed by atoms with van der Waals surface area (Å²) in [6.45, 7) is 5.51. The third kappa shape index (κ3) is 5.90. The monoisotopic (exact) mass is 445 g/mol. The van der Waals surface area contributed by atoms with E-state index in [1.807, 2.05) is 32.0 Å². The Morgan fingerprint density at radius 1 is 1.00 bits per heavy atom. The summed E-state index contributed by atoms with van der Waals surface area (Å²) in [5.74, 6) is -1.44. The van der Waals surface area contributed by atoms with E-state index in [0.29, 0.717) is 38.4 Å². The molecule has 1 aliphatic heterocycles. The summed E-state index contributed by atoms with van der Waals surface area (Å²) in [6, 6.07) is 12.2. The number of ether oxygens (including phenoxy) is 1. The van der Waals surface area contributed by atoms with Gasteiger partial charge in [-0.25, -0.2) is 8.42 Å². The maximum atomic E-state index is 12.6. The van der Waals surface area contributed by atoms with E-state index in [1.165, 1.54) is 4.31 Å². The Balaban J connectivity index is 1.50. The van der Waals surface area contributed by atoms with Crippen molar-refractivity contribution < 1.29 is 22.7 Å². The molecular weight excluding hydrogens is 418 g/mol. The van der Waals surface area contributed by atoms with Gasteiger partial charge in [0.05, 0.1) is 18.1 Å². The summed E-state index contributed by atoms with van der Waals surface area (Å²) in [4.78, 5) is 24.4. The van der Waals surface area contributed by atoms with E-state index in [1.54, 1.807) is 24.3 Å². The summed E-state index contributed by atoms with van der Waals surface area (Å²) in [6.07, 6.45) is 0.473. The SMILES string of the molecule is Cc1ccc(C)c(NC(=O)C(=O)NCCc2ccc(S(=O)(=O)N3CCOCC3)cc2)c1. The Kier molecular flexibility index (Phi) is 7.42. The first kappa shape index (κ1) is 22.9. The Labute approximate surface area is 182 Å². The normalized spacial score (nSPS) is 14.8. The lowest BCUT2D eigenvalue weighted by Crippen LogP contribution is -2.40. The molecule has 0 spiro atoms. The van der Waals surface area contributed by atoms with E-state index in [2.05, 4.69) is 10.6 Å². The number of amides is 2. The van der Waals surface area contributed by atoms with Crippen LogP contribution in [0, 0.1) is 13.8 Å². The number of aryl methyl sites for hydroxylation is 2. The largest absolute Gasteiger partial charge is 0.379 e. The molecule has 1 saturated heterocycles. The van der Waals surface area contributed by atoms with Gasteiger partial charge >= 0.3 is 11.8 Å². The summed E-state index contributed by atoms with van der Waals surface area (Å²) >= 11 is 0. The van der Waals surface area contributed by atoms with Gasteiger partial charge in [-0.3, -0.25) is 9.59 Å². The Morgan fingerprint density at radius 3 is 2.35 bits per heavy atom. The minimum Gasteiger partial charge on any atom is -0.379 e. The summed E-state index contributed by atoms with van der Waals surface area (Å²) in [5.41, 5.74) is 3.33. The smallest absolute Gasteiger partial charge is 0.313 e. The first-order chi connectivity index (χ1) is 14.8. The molecular formula is C22H27N3O5S. The summed E-state index contributed by atoms with van der Waals surface area (Å²) < 4.78 is 31.9. The number of morpholine rings is 1. The fourth-order valence-corrected chi connectivity index (χ4v) is 4.62. The van der Waals surface area contributed by atoms with Crippen molar-refractivity contribution in [1.29, 1.82) is 0 Å².